The first-order chi connectivity index (χ1) is 24.4. The molecule has 0 saturated heterocycles. The number of benzene rings is 3. The molecule has 51 heavy (non-hydrogen) atoms. The highest BCUT2D eigenvalue weighted by molar-refractivity contribution is 6.03. The van der Waals surface area contributed by atoms with Crippen molar-refractivity contribution in [2.45, 2.75) is 58.2 Å². The zero-order valence-electron chi connectivity index (χ0n) is 27.9. The molecule has 4 rings (SSSR count). The van der Waals surface area contributed by atoms with Crippen LogP contribution in [-0.4, -0.2) is 51.9 Å². The van der Waals surface area contributed by atoms with Crippen molar-refractivity contribution in [1.29, 1.82) is 0 Å². The first-order valence-electron chi connectivity index (χ1n) is 16.4. The summed E-state index contributed by atoms with van der Waals surface area (Å²) in [6.07, 6.45) is 2.25. The lowest BCUT2D eigenvalue weighted by Gasteiger charge is -2.21. The van der Waals surface area contributed by atoms with Crippen LogP contribution in [0, 0.1) is 0 Å². The number of alkyl halides is 3. The summed E-state index contributed by atoms with van der Waals surface area (Å²) in [7, 11) is 0. The van der Waals surface area contributed by atoms with Gasteiger partial charge >= 0.3 is 18.1 Å². The lowest BCUT2D eigenvalue weighted by molar-refractivity contribution is -0.141. The number of ether oxygens (including phenoxy) is 2. The number of pyridine rings is 1. The molecule has 0 unspecified atom stereocenters. The van der Waals surface area contributed by atoms with Crippen LogP contribution in [0.5, 0.6) is 11.5 Å². The third-order valence-electron chi connectivity index (χ3n) is 7.64. The van der Waals surface area contributed by atoms with Crippen LogP contribution < -0.4 is 14.8 Å². The van der Waals surface area contributed by atoms with E-state index in [-0.39, 0.29) is 23.5 Å². The minimum atomic E-state index is -4.72. The maximum atomic E-state index is 13.3. The Bertz CT molecular complexity index is 1780. The molecule has 268 valence electrons. The molecule has 1 aromatic heterocycles. The molecule has 0 aliphatic carbocycles. The molecule has 0 atom stereocenters. The van der Waals surface area contributed by atoms with E-state index in [0.29, 0.717) is 23.5 Å². The van der Waals surface area contributed by atoms with Crippen molar-refractivity contribution in [3.63, 3.8) is 0 Å². The summed E-state index contributed by atoms with van der Waals surface area (Å²) < 4.78 is 50.1. The van der Waals surface area contributed by atoms with E-state index in [4.69, 9.17) is 9.47 Å². The molecular weight excluding hydrogens is 667 g/mol. The number of nitrogens with one attached hydrogen (secondary N) is 1. The number of nitrogens with zero attached hydrogens (tertiary/aromatic N) is 2. The zero-order valence-corrected chi connectivity index (χ0v) is 27.9. The maximum absolute atomic E-state index is 13.3. The second kappa shape index (κ2) is 18.3. The minimum absolute atomic E-state index is 0.0841. The Labute approximate surface area is 293 Å². The molecular formula is C38H38F3N3O7. The Morgan fingerprint density at radius 3 is 2.06 bits per heavy atom. The van der Waals surface area contributed by atoms with E-state index < -0.39 is 47.9 Å². The number of hydrogen-bond acceptors (Lipinski definition) is 7. The van der Waals surface area contributed by atoms with Gasteiger partial charge in [-0.2, -0.15) is 13.2 Å². The van der Waals surface area contributed by atoms with Crippen molar-refractivity contribution in [3.05, 3.63) is 119 Å². The van der Waals surface area contributed by atoms with Crippen molar-refractivity contribution in [2.75, 3.05) is 18.5 Å². The molecule has 0 saturated carbocycles. The predicted molar refractivity (Wildman–Crippen MR) is 183 cm³/mol. The molecule has 2 N–H and O–H groups in total. The number of carbonyl (C=O) groups is 4. The predicted octanol–water partition coefficient (Wildman–Crippen LogP) is 8.04. The average molecular weight is 706 g/mol. The molecule has 0 fully saturated rings. The fourth-order valence-corrected chi connectivity index (χ4v) is 4.96. The summed E-state index contributed by atoms with van der Waals surface area (Å²) >= 11 is 0. The number of aliphatic carboxylic acids is 1. The van der Waals surface area contributed by atoms with Gasteiger partial charge in [0.1, 0.15) is 29.4 Å². The van der Waals surface area contributed by atoms with Crippen LogP contribution >= 0.6 is 0 Å². The van der Waals surface area contributed by atoms with Crippen molar-refractivity contribution in [2.24, 2.45) is 0 Å². The van der Waals surface area contributed by atoms with Gasteiger partial charge in [0.05, 0.1) is 12.2 Å². The summed E-state index contributed by atoms with van der Waals surface area (Å²) in [6, 6.07) is 21.3. The summed E-state index contributed by atoms with van der Waals surface area (Å²) in [5.74, 6) is -2.41. The second-order valence-electron chi connectivity index (χ2n) is 11.7. The molecule has 0 aliphatic rings. The average Bonchev–Trinajstić information content (AvgIpc) is 3.11. The minimum Gasteiger partial charge on any atom is -0.494 e. The van der Waals surface area contributed by atoms with Gasteiger partial charge in [0.2, 0.25) is 0 Å². The number of esters is 1. The molecule has 0 bridgehead atoms. The van der Waals surface area contributed by atoms with Gasteiger partial charge in [-0.3, -0.25) is 14.4 Å². The Balaban J connectivity index is 1.31. The second-order valence-corrected chi connectivity index (χ2v) is 11.7. The van der Waals surface area contributed by atoms with E-state index in [0.717, 1.165) is 35.9 Å². The highest BCUT2D eigenvalue weighted by Gasteiger charge is 2.33. The van der Waals surface area contributed by atoms with Crippen molar-refractivity contribution >= 4 is 29.4 Å². The fraction of sp³-hybridized carbons (Fsp3) is 0.289. The van der Waals surface area contributed by atoms with Gasteiger partial charge in [-0.15, -0.1) is 0 Å². The molecule has 3 aromatic carbocycles. The zero-order chi connectivity index (χ0) is 36.8. The first kappa shape index (κ1) is 38.1. The highest BCUT2D eigenvalue weighted by atomic mass is 19.4. The van der Waals surface area contributed by atoms with Gasteiger partial charge in [0.15, 0.2) is 0 Å². The third kappa shape index (κ3) is 12.0. The van der Waals surface area contributed by atoms with Crippen LogP contribution in [0.3, 0.4) is 0 Å². The van der Waals surface area contributed by atoms with Crippen LogP contribution in [0.1, 0.15) is 87.9 Å². The Morgan fingerprint density at radius 1 is 0.784 bits per heavy atom. The number of carboxylic acid groups (broad SMARTS) is 1. The number of amides is 2. The number of carboxylic acids is 1. The standard InChI is InChI=1S/C38H38F3N3O7/c1-2-3-4-5-6-7-23-50-30-21-15-28(16-22-30)37(49)51-31-19-11-26(12-20-31)24-44(25-34(45)46)36(48)27-13-17-29(18-14-27)42-35(47)32-9-8-10-33(43-32)38(39,40)41/h8-22H,2-7,23-25H2,1H3,(H,42,47)(H,45,46). The van der Waals surface area contributed by atoms with E-state index in [1.54, 1.807) is 36.4 Å². The molecule has 0 aliphatic heterocycles. The Kier molecular flexibility index (Phi) is 13.7. The quantitative estimate of drug-likeness (QED) is 0.0641. The lowest BCUT2D eigenvalue weighted by atomic mass is 10.1. The molecule has 0 radical (unpaired) electrons. The van der Waals surface area contributed by atoms with Gasteiger partial charge in [-0.1, -0.05) is 57.2 Å². The number of aromatic nitrogens is 1. The van der Waals surface area contributed by atoms with Gasteiger partial charge in [0, 0.05) is 17.8 Å². The summed E-state index contributed by atoms with van der Waals surface area (Å²) in [5, 5.41) is 11.9. The van der Waals surface area contributed by atoms with Gasteiger partial charge in [-0.05, 0) is 84.8 Å². The molecule has 4 aromatic rings. The molecule has 0 spiro atoms. The SMILES string of the molecule is CCCCCCCCOc1ccc(C(=O)Oc2ccc(CN(CC(=O)O)C(=O)c3ccc(NC(=O)c4cccc(C(F)(F)F)n4)cc3)cc2)cc1. The van der Waals surface area contributed by atoms with Gasteiger partial charge < -0.3 is 24.8 Å². The van der Waals surface area contributed by atoms with Gasteiger partial charge in [-0.25, -0.2) is 9.78 Å². The Hall–Kier alpha value is -5.72. The van der Waals surface area contributed by atoms with Crippen molar-refractivity contribution in [3.8, 4) is 11.5 Å². The third-order valence-corrected chi connectivity index (χ3v) is 7.64. The van der Waals surface area contributed by atoms with E-state index in [2.05, 4.69) is 17.2 Å². The van der Waals surface area contributed by atoms with Crippen LogP contribution in [0.4, 0.5) is 18.9 Å². The number of anilines is 1. The monoisotopic (exact) mass is 705 g/mol. The number of unbranched alkanes of at least 4 members (excludes halogenated alkanes) is 5. The van der Waals surface area contributed by atoms with E-state index in [1.165, 1.54) is 62.1 Å². The Morgan fingerprint density at radius 2 is 1.41 bits per heavy atom. The number of hydrogen-bond donors (Lipinski definition) is 2. The molecule has 1 heterocycles. The number of rotatable bonds is 17. The molecule has 13 heteroatoms. The van der Waals surface area contributed by atoms with E-state index in [9.17, 15) is 37.5 Å². The van der Waals surface area contributed by atoms with Crippen LogP contribution in [-0.2, 0) is 17.5 Å². The molecule has 10 nitrogen and oxygen atoms in total. The van der Waals surface area contributed by atoms with Crippen LogP contribution in [0.15, 0.2) is 91.0 Å². The van der Waals surface area contributed by atoms with Crippen LogP contribution in [0.2, 0.25) is 0 Å². The normalized spacial score (nSPS) is 11.1. The molecule has 2 amide bonds. The van der Waals surface area contributed by atoms with E-state index in [1.807, 2.05) is 0 Å². The van der Waals surface area contributed by atoms with Crippen molar-refractivity contribution in [1.82, 2.24) is 9.88 Å². The summed E-state index contributed by atoms with van der Waals surface area (Å²) in [6.45, 7) is 2.09. The van der Waals surface area contributed by atoms with Crippen LogP contribution in [0.25, 0.3) is 0 Å². The smallest absolute Gasteiger partial charge is 0.433 e. The topological polar surface area (TPSA) is 135 Å². The summed E-state index contributed by atoms with van der Waals surface area (Å²) in [5.41, 5.74) is -0.475. The van der Waals surface area contributed by atoms with E-state index >= 15 is 0 Å². The number of halogens is 3. The van der Waals surface area contributed by atoms with Crippen molar-refractivity contribution < 1.29 is 46.9 Å². The number of carbonyl (C=O) groups excluding carboxylic acids is 3. The highest BCUT2D eigenvalue weighted by Crippen LogP contribution is 2.27. The maximum Gasteiger partial charge on any atom is 0.433 e. The largest absolute Gasteiger partial charge is 0.494 e. The first-order valence-corrected chi connectivity index (χ1v) is 16.4. The van der Waals surface area contributed by atoms with Gasteiger partial charge in [0.25, 0.3) is 11.8 Å². The summed E-state index contributed by atoms with van der Waals surface area (Å²) in [4.78, 5) is 54.5. The lowest BCUT2D eigenvalue weighted by Crippen LogP contribution is -2.35. The fourth-order valence-electron chi connectivity index (χ4n) is 4.96.